The van der Waals surface area contributed by atoms with E-state index in [2.05, 4.69) is 0 Å². The van der Waals surface area contributed by atoms with Gasteiger partial charge in [0, 0.05) is 13.1 Å². The van der Waals surface area contributed by atoms with E-state index in [1.165, 1.54) is 0 Å². The summed E-state index contributed by atoms with van der Waals surface area (Å²) < 4.78 is 0. The number of rotatable bonds is 2. The molecule has 0 saturated carbocycles. The Balaban J connectivity index is 2.51. The van der Waals surface area contributed by atoms with Crippen LogP contribution in [0.4, 0.5) is 0 Å². The van der Waals surface area contributed by atoms with E-state index in [9.17, 15) is 9.59 Å². The van der Waals surface area contributed by atoms with Gasteiger partial charge in [-0.1, -0.05) is 0 Å². The van der Waals surface area contributed by atoms with Crippen molar-refractivity contribution in [2.45, 2.75) is 19.8 Å². The van der Waals surface area contributed by atoms with Crippen LogP contribution in [0, 0.1) is 5.92 Å². The van der Waals surface area contributed by atoms with Crippen LogP contribution in [0.5, 0.6) is 0 Å². The number of nitrogens with zero attached hydrogens (tertiary/aromatic N) is 1. The van der Waals surface area contributed by atoms with Gasteiger partial charge in [-0.2, -0.15) is 0 Å². The number of carbonyl (C=O) groups excluding carboxylic acids is 2. The van der Waals surface area contributed by atoms with Crippen molar-refractivity contribution < 1.29 is 9.59 Å². The van der Waals surface area contributed by atoms with Gasteiger partial charge in [-0.05, 0) is 19.8 Å². The van der Waals surface area contributed by atoms with Gasteiger partial charge in [-0.15, -0.1) is 0 Å². The molecule has 1 saturated heterocycles. The maximum absolute atomic E-state index is 11.4. The lowest BCUT2D eigenvalue weighted by atomic mass is 10.1. The first kappa shape index (κ1) is 9.03. The molecule has 0 bridgehead atoms. The summed E-state index contributed by atoms with van der Waals surface area (Å²) in [4.78, 5) is 23.8. The molecule has 1 unspecified atom stereocenters. The van der Waals surface area contributed by atoms with E-state index in [0.29, 0.717) is 0 Å². The summed E-state index contributed by atoms with van der Waals surface area (Å²) in [5.41, 5.74) is 5.02. The van der Waals surface area contributed by atoms with Crippen molar-refractivity contribution in [3.05, 3.63) is 0 Å². The first-order chi connectivity index (χ1) is 5.63. The quantitative estimate of drug-likeness (QED) is 0.580. The van der Waals surface area contributed by atoms with Crippen molar-refractivity contribution in [3.8, 4) is 0 Å². The van der Waals surface area contributed by atoms with Crippen LogP contribution in [-0.4, -0.2) is 29.8 Å². The van der Waals surface area contributed by atoms with E-state index in [4.69, 9.17) is 5.73 Å². The molecule has 0 radical (unpaired) electrons. The minimum atomic E-state index is -0.664. The van der Waals surface area contributed by atoms with Gasteiger partial charge in [0.2, 0.25) is 11.8 Å². The lowest BCUT2D eigenvalue weighted by Gasteiger charge is -2.17. The highest BCUT2D eigenvalue weighted by Crippen LogP contribution is 2.11. The summed E-state index contributed by atoms with van der Waals surface area (Å²) in [6, 6.07) is 0. The van der Waals surface area contributed by atoms with Crippen molar-refractivity contribution in [3.63, 3.8) is 0 Å². The van der Waals surface area contributed by atoms with Crippen LogP contribution in [0.15, 0.2) is 0 Å². The van der Waals surface area contributed by atoms with E-state index in [0.717, 1.165) is 25.9 Å². The first-order valence-corrected chi connectivity index (χ1v) is 4.21. The Morgan fingerprint density at radius 1 is 1.33 bits per heavy atom. The standard InChI is InChI=1S/C8H14N2O2/c1-6(7(9)11)8(12)10-4-2-3-5-10/h6H,2-5H2,1H3,(H2,9,11). The molecular weight excluding hydrogens is 156 g/mol. The van der Waals surface area contributed by atoms with Gasteiger partial charge in [-0.3, -0.25) is 9.59 Å². The van der Waals surface area contributed by atoms with Gasteiger partial charge >= 0.3 is 0 Å². The molecule has 0 spiro atoms. The Bertz CT molecular complexity index is 197. The SMILES string of the molecule is CC(C(N)=O)C(=O)N1CCCC1. The lowest BCUT2D eigenvalue weighted by Crippen LogP contribution is -2.38. The number of carbonyl (C=O) groups is 2. The minimum absolute atomic E-state index is 0.125. The van der Waals surface area contributed by atoms with Gasteiger partial charge in [0.25, 0.3) is 0 Å². The van der Waals surface area contributed by atoms with Crippen LogP contribution in [-0.2, 0) is 9.59 Å². The Labute approximate surface area is 71.7 Å². The molecule has 1 heterocycles. The number of hydrogen-bond acceptors (Lipinski definition) is 2. The highest BCUT2D eigenvalue weighted by molar-refractivity contribution is 5.99. The topological polar surface area (TPSA) is 63.4 Å². The molecule has 0 aromatic rings. The third-order valence-corrected chi connectivity index (χ3v) is 2.21. The number of likely N-dealkylation sites (tertiary alicyclic amines) is 1. The van der Waals surface area contributed by atoms with Gasteiger partial charge in [0.05, 0.1) is 0 Å². The Morgan fingerprint density at radius 3 is 2.25 bits per heavy atom. The molecule has 4 nitrogen and oxygen atoms in total. The molecule has 1 rings (SSSR count). The van der Waals surface area contributed by atoms with Crippen LogP contribution >= 0.6 is 0 Å². The summed E-state index contributed by atoms with van der Waals surface area (Å²) in [6.45, 7) is 3.11. The van der Waals surface area contributed by atoms with Crippen LogP contribution in [0.2, 0.25) is 0 Å². The van der Waals surface area contributed by atoms with E-state index >= 15 is 0 Å². The maximum Gasteiger partial charge on any atom is 0.234 e. The maximum atomic E-state index is 11.4. The molecular formula is C8H14N2O2. The molecule has 4 heteroatoms. The fraction of sp³-hybridized carbons (Fsp3) is 0.750. The number of hydrogen-bond donors (Lipinski definition) is 1. The van der Waals surface area contributed by atoms with Crippen molar-refractivity contribution in [1.82, 2.24) is 4.90 Å². The molecule has 1 aliphatic heterocycles. The molecule has 2 N–H and O–H groups in total. The molecule has 0 aromatic carbocycles. The molecule has 1 atom stereocenters. The summed E-state index contributed by atoms with van der Waals surface area (Å²) in [5, 5.41) is 0. The number of nitrogens with two attached hydrogens (primary N) is 1. The molecule has 0 aromatic heterocycles. The van der Waals surface area contributed by atoms with E-state index in [-0.39, 0.29) is 5.91 Å². The number of amides is 2. The van der Waals surface area contributed by atoms with Crippen molar-refractivity contribution in [2.24, 2.45) is 11.7 Å². The third-order valence-electron chi connectivity index (χ3n) is 2.21. The van der Waals surface area contributed by atoms with Crippen LogP contribution in [0.25, 0.3) is 0 Å². The molecule has 68 valence electrons. The highest BCUT2D eigenvalue weighted by atomic mass is 16.2. The summed E-state index contributed by atoms with van der Waals surface area (Å²) in [5.74, 6) is -1.32. The first-order valence-electron chi connectivity index (χ1n) is 4.21. The van der Waals surface area contributed by atoms with E-state index in [1.54, 1.807) is 11.8 Å². The molecule has 0 aliphatic carbocycles. The van der Waals surface area contributed by atoms with Crippen LogP contribution in [0.1, 0.15) is 19.8 Å². The van der Waals surface area contributed by atoms with Crippen molar-refractivity contribution in [2.75, 3.05) is 13.1 Å². The largest absolute Gasteiger partial charge is 0.369 e. The summed E-state index contributed by atoms with van der Waals surface area (Å²) in [7, 11) is 0. The van der Waals surface area contributed by atoms with E-state index < -0.39 is 11.8 Å². The Hall–Kier alpha value is -1.06. The Morgan fingerprint density at radius 2 is 1.83 bits per heavy atom. The fourth-order valence-electron chi connectivity index (χ4n) is 1.33. The molecule has 12 heavy (non-hydrogen) atoms. The highest BCUT2D eigenvalue weighted by Gasteiger charge is 2.26. The minimum Gasteiger partial charge on any atom is -0.369 e. The molecule has 1 aliphatic rings. The average Bonchev–Trinajstić information content (AvgIpc) is 2.53. The lowest BCUT2D eigenvalue weighted by molar-refractivity contribution is -0.139. The third kappa shape index (κ3) is 1.75. The second-order valence-electron chi connectivity index (χ2n) is 3.16. The zero-order chi connectivity index (χ0) is 9.14. The average molecular weight is 170 g/mol. The summed E-state index contributed by atoms with van der Waals surface area (Å²) in [6.07, 6.45) is 2.08. The Kier molecular flexibility index (Phi) is 2.68. The van der Waals surface area contributed by atoms with Crippen LogP contribution < -0.4 is 5.73 Å². The van der Waals surface area contributed by atoms with Crippen molar-refractivity contribution >= 4 is 11.8 Å². The summed E-state index contributed by atoms with van der Waals surface area (Å²) >= 11 is 0. The zero-order valence-corrected chi connectivity index (χ0v) is 7.25. The second-order valence-corrected chi connectivity index (χ2v) is 3.16. The second kappa shape index (κ2) is 3.56. The number of primary amides is 1. The fourth-order valence-corrected chi connectivity index (χ4v) is 1.33. The van der Waals surface area contributed by atoms with Crippen molar-refractivity contribution in [1.29, 1.82) is 0 Å². The molecule has 1 fully saturated rings. The van der Waals surface area contributed by atoms with Gasteiger partial charge in [0.1, 0.15) is 5.92 Å². The van der Waals surface area contributed by atoms with E-state index in [1.807, 2.05) is 0 Å². The van der Waals surface area contributed by atoms with Gasteiger partial charge in [0.15, 0.2) is 0 Å². The van der Waals surface area contributed by atoms with Crippen LogP contribution in [0.3, 0.4) is 0 Å². The van der Waals surface area contributed by atoms with Gasteiger partial charge < -0.3 is 10.6 Å². The predicted molar refractivity (Wildman–Crippen MR) is 44.2 cm³/mol. The zero-order valence-electron chi connectivity index (χ0n) is 7.25. The smallest absolute Gasteiger partial charge is 0.234 e. The normalized spacial score (nSPS) is 19.2. The molecule has 2 amide bonds. The monoisotopic (exact) mass is 170 g/mol. The predicted octanol–water partition coefficient (Wildman–Crippen LogP) is -0.270. The van der Waals surface area contributed by atoms with Gasteiger partial charge in [-0.25, -0.2) is 0 Å².